The van der Waals surface area contributed by atoms with Crippen molar-refractivity contribution in [2.75, 3.05) is 27.3 Å². The molecule has 29 heavy (non-hydrogen) atoms. The van der Waals surface area contributed by atoms with Crippen molar-refractivity contribution in [3.05, 3.63) is 58.7 Å². The van der Waals surface area contributed by atoms with E-state index in [0.29, 0.717) is 37.4 Å². The molecule has 1 saturated heterocycles. The Balaban J connectivity index is 1.50. The summed E-state index contributed by atoms with van der Waals surface area (Å²) in [4.78, 5) is 28.8. The fraction of sp³-hybridized carbons (Fsp3) is 0.391. The van der Waals surface area contributed by atoms with Gasteiger partial charge in [-0.25, -0.2) is 0 Å². The predicted octanol–water partition coefficient (Wildman–Crippen LogP) is 3.02. The lowest BCUT2D eigenvalue weighted by molar-refractivity contribution is -0.128. The van der Waals surface area contributed by atoms with Crippen molar-refractivity contribution in [1.82, 2.24) is 9.80 Å². The van der Waals surface area contributed by atoms with Gasteiger partial charge < -0.3 is 19.3 Å². The van der Waals surface area contributed by atoms with Gasteiger partial charge in [0.15, 0.2) is 11.5 Å². The molecule has 6 heteroatoms. The van der Waals surface area contributed by atoms with E-state index in [0.717, 1.165) is 36.3 Å². The molecule has 0 N–H and O–H groups in total. The molecule has 0 aliphatic carbocycles. The maximum Gasteiger partial charge on any atom is 0.254 e. The Morgan fingerprint density at radius 3 is 2.45 bits per heavy atom. The molecule has 1 fully saturated rings. The van der Waals surface area contributed by atoms with Gasteiger partial charge in [-0.05, 0) is 53.8 Å². The highest BCUT2D eigenvalue weighted by Crippen LogP contribution is 2.33. The summed E-state index contributed by atoms with van der Waals surface area (Å²) in [6.45, 7) is 2.57. The van der Waals surface area contributed by atoms with Gasteiger partial charge >= 0.3 is 0 Å². The van der Waals surface area contributed by atoms with E-state index in [9.17, 15) is 9.59 Å². The number of methoxy groups -OCH3 is 2. The minimum absolute atomic E-state index is 0.0139. The SMILES string of the molecule is COc1cc2c(cc1OC)CN(C(=O)c1cccc(CN3CCCC3=O)c1)CC2. The first-order valence-electron chi connectivity index (χ1n) is 9.99. The molecule has 4 rings (SSSR count). The van der Waals surface area contributed by atoms with Crippen LogP contribution in [0.25, 0.3) is 0 Å². The minimum Gasteiger partial charge on any atom is -0.493 e. The zero-order valence-electron chi connectivity index (χ0n) is 16.9. The summed E-state index contributed by atoms with van der Waals surface area (Å²) in [6, 6.07) is 11.6. The van der Waals surface area contributed by atoms with Crippen LogP contribution in [0, 0.1) is 0 Å². The van der Waals surface area contributed by atoms with Gasteiger partial charge in [0, 0.05) is 38.2 Å². The molecule has 2 aliphatic rings. The van der Waals surface area contributed by atoms with E-state index < -0.39 is 0 Å². The lowest BCUT2D eigenvalue weighted by atomic mass is 9.98. The molecule has 0 bridgehead atoms. The number of ether oxygens (including phenoxy) is 2. The largest absolute Gasteiger partial charge is 0.493 e. The standard InChI is InChI=1S/C23H26N2O4/c1-28-20-12-17-8-10-25(15-19(17)13-21(20)29-2)23(27)18-6-3-5-16(11-18)14-24-9-4-7-22(24)26/h3,5-6,11-13H,4,7-10,14-15H2,1-2H3. The normalized spacial score (nSPS) is 16.0. The summed E-state index contributed by atoms with van der Waals surface area (Å²) in [5, 5.41) is 0. The number of amides is 2. The van der Waals surface area contributed by atoms with Gasteiger partial charge in [-0.15, -0.1) is 0 Å². The Morgan fingerprint density at radius 2 is 1.76 bits per heavy atom. The number of benzene rings is 2. The smallest absolute Gasteiger partial charge is 0.254 e. The third kappa shape index (κ3) is 3.92. The van der Waals surface area contributed by atoms with Crippen LogP contribution in [-0.4, -0.2) is 48.9 Å². The molecular weight excluding hydrogens is 368 g/mol. The van der Waals surface area contributed by atoms with Crippen LogP contribution in [0.2, 0.25) is 0 Å². The van der Waals surface area contributed by atoms with E-state index in [2.05, 4.69) is 0 Å². The van der Waals surface area contributed by atoms with Crippen molar-refractivity contribution in [2.24, 2.45) is 0 Å². The van der Waals surface area contributed by atoms with Gasteiger partial charge in [0.25, 0.3) is 5.91 Å². The summed E-state index contributed by atoms with van der Waals surface area (Å²) in [5.74, 6) is 1.60. The molecule has 6 nitrogen and oxygen atoms in total. The topological polar surface area (TPSA) is 59.1 Å². The Bertz CT molecular complexity index is 940. The Hall–Kier alpha value is -3.02. The van der Waals surface area contributed by atoms with E-state index in [1.54, 1.807) is 14.2 Å². The second kappa shape index (κ2) is 8.15. The van der Waals surface area contributed by atoms with Crippen LogP contribution in [-0.2, 0) is 24.3 Å². The molecule has 2 heterocycles. The fourth-order valence-electron chi connectivity index (χ4n) is 4.13. The number of carbonyl (C=O) groups excluding carboxylic acids is 2. The summed E-state index contributed by atoms with van der Waals surface area (Å²) < 4.78 is 10.8. The number of hydrogen-bond donors (Lipinski definition) is 0. The van der Waals surface area contributed by atoms with Crippen LogP contribution >= 0.6 is 0 Å². The van der Waals surface area contributed by atoms with Crippen LogP contribution in [0.1, 0.15) is 39.9 Å². The molecular formula is C23H26N2O4. The monoisotopic (exact) mass is 394 g/mol. The van der Waals surface area contributed by atoms with E-state index >= 15 is 0 Å². The van der Waals surface area contributed by atoms with Gasteiger partial charge in [0.05, 0.1) is 14.2 Å². The lowest BCUT2D eigenvalue weighted by Gasteiger charge is -2.30. The number of hydrogen-bond acceptors (Lipinski definition) is 4. The van der Waals surface area contributed by atoms with Gasteiger partial charge in [-0.1, -0.05) is 12.1 Å². The second-order valence-corrected chi connectivity index (χ2v) is 7.57. The molecule has 0 aromatic heterocycles. The first-order valence-corrected chi connectivity index (χ1v) is 9.99. The maximum atomic E-state index is 13.1. The molecule has 0 atom stereocenters. The molecule has 0 radical (unpaired) electrons. The highest BCUT2D eigenvalue weighted by Gasteiger charge is 2.25. The second-order valence-electron chi connectivity index (χ2n) is 7.57. The zero-order chi connectivity index (χ0) is 20.4. The van der Waals surface area contributed by atoms with Crippen molar-refractivity contribution in [2.45, 2.75) is 32.4 Å². The minimum atomic E-state index is 0.0139. The Labute approximate surface area is 171 Å². The average molecular weight is 394 g/mol. The van der Waals surface area contributed by atoms with Crippen LogP contribution in [0.5, 0.6) is 11.5 Å². The third-order valence-corrected chi connectivity index (χ3v) is 5.72. The third-order valence-electron chi connectivity index (χ3n) is 5.72. The van der Waals surface area contributed by atoms with Gasteiger partial charge in [0.1, 0.15) is 0 Å². The van der Waals surface area contributed by atoms with Crippen LogP contribution in [0.4, 0.5) is 0 Å². The molecule has 0 saturated carbocycles. The van der Waals surface area contributed by atoms with Crippen molar-refractivity contribution < 1.29 is 19.1 Å². The molecule has 2 aromatic rings. The quantitative estimate of drug-likeness (QED) is 0.782. The van der Waals surface area contributed by atoms with E-state index in [1.165, 1.54) is 5.56 Å². The Morgan fingerprint density at radius 1 is 1.00 bits per heavy atom. The molecule has 0 unspecified atom stereocenters. The summed E-state index contributed by atoms with van der Waals surface area (Å²) >= 11 is 0. The van der Waals surface area contributed by atoms with Crippen molar-refractivity contribution in [3.8, 4) is 11.5 Å². The van der Waals surface area contributed by atoms with Crippen molar-refractivity contribution in [1.29, 1.82) is 0 Å². The number of carbonyl (C=O) groups is 2. The molecule has 2 amide bonds. The number of fused-ring (bicyclic) bond motifs is 1. The molecule has 152 valence electrons. The van der Waals surface area contributed by atoms with Crippen LogP contribution in [0.3, 0.4) is 0 Å². The van der Waals surface area contributed by atoms with Gasteiger partial charge in [-0.2, -0.15) is 0 Å². The highest BCUT2D eigenvalue weighted by atomic mass is 16.5. The van der Waals surface area contributed by atoms with E-state index in [1.807, 2.05) is 46.2 Å². The van der Waals surface area contributed by atoms with E-state index in [-0.39, 0.29) is 11.8 Å². The van der Waals surface area contributed by atoms with Crippen LogP contribution in [0.15, 0.2) is 36.4 Å². The first kappa shape index (κ1) is 19.3. The maximum absolute atomic E-state index is 13.1. The Kier molecular flexibility index (Phi) is 5.43. The number of rotatable bonds is 5. The van der Waals surface area contributed by atoms with Crippen LogP contribution < -0.4 is 9.47 Å². The predicted molar refractivity (Wildman–Crippen MR) is 109 cm³/mol. The summed E-state index contributed by atoms with van der Waals surface area (Å²) in [6.07, 6.45) is 2.32. The number of likely N-dealkylation sites (tertiary alicyclic amines) is 1. The summed E-state index contributed by atoms with van der Waals surface area (Å²) in [7, 11) is 3.25. The molecule has 2 aliphatic heterocycles. The molecule has 0 spiro atoms. The van der Waals surface area contributed by atoms with Crippen molar-refractivity contribution in [3.63, 3.8) is 0 Å². The molecule has 2 aromatic carbocycles. The average Bonchev–Trinajstić information content (AvgIpc) is 3.16. The number of nitrogens with zero attached hydrogens (tertiary/aromatic N) is 2. The van der Waals surface area contributed by atoms with Gasteiger partial charge in [-0.3, -0.25) is 9.59 Å². The summed E-state index contributed by atoms with van der Waals surface area (Å²) in [5.41, 5.74) is 3.93. The highest BCUT2D eigenvalue weighted by molar-refractivity contribution is 5.94. The van der Waals surface area contributed by atoms with Crippen molar-refractivity contribution >= 4 is 11.8 Å². The first-order chi connectivity index (χ1) is 14.1. The fourth-order valence-corrected chi connectivity index (χ4v) is 4.13. The van der Waals surface area contributed by atoms with E-state index in [4.69, 9.17) is 9.47 Å². The zero-order valence-corrected chi connectivity index (χ0v) is 16.9. The lowest BCUT2D eigenvalue weighted by Crippen LogP contribution is -2.36. The van der Waals surface area contributed by atoms with Gasteiger partial charge in [0.2, 0.25) is 5.91 Å².